The van der Waals surface area contributed by atoms with E-state index in [4.69, 9.17) is 0 Å². The molecule has 0 aliphatic heterocycles. The van der Waals surface area contributed by atoms with Crippen molar-refractivity contribution < 1.29 is 13.2 Å². The summed E-state index contributed by atoms with van der Waals surface area (Å²) in [6.07, 6.45) is -4.03. The Bertz CT molecular complexity index is 312. The van der Waals surface area contributed by atoms with Crippen molar-refractivity contribution in [3.8, 4) is 0 Å². The topological polar surface area (TPSA) is 0 Å². The predicted molar refractivity (Wildman–Crippen MR) is 76.1 cm³/mol. The molecular weight excluding hydrogens is 249 g/mol. The Labute approximate surface area is 116 Å². The third-order valence-electron chi connectivity index (χ3n) is 4.03. The molecule has 0 saturated carbocycles. The van der Waals surface area contributed by atoms with Crippen LogP contribution < -0.4 is 0 Å². The monoisotopic (exact) mass is 278 g/mol. The number of hydrogen-bond acceptors (Lipinski definition) is 0. The second-order valence-corrected chi connectivity index (χ2v) is 8.04. The second-order valence-electron chi connectivity index (χ2n) is 8.04. The van der Waals surface area contributed by atoms with E-state index < -0.39 is 12.6 Å². The van der Waals surface area contributed by atoms with Gasteiger partial charge in [-0.25, -0.2) is 0 Å². The Morgan fingerprint density at radius 2 is 1.32 bits per heavy atom. The molecule has 114 valence electrons. The first-order valence-corrected chi connectivity index (χ1v) is 6.83. The van der Waals surface area contributed by atoms with Gasteiger partial charge >= 0.3 is 6.18 Å². The van der Waals surface area contributed by atoms with Crippen molar-refractivity contribution in [2.45, 2.75) is 73.9 Å². The van der Waals surface area contributed by atoms with E-state index in [1.165, 1.54) is 0 Å². The third-order valence-corrected chi connectivity index (χ3v) is 4.03. The number of halogens is 3. The molecule has 1 unspecified atom stereocenters. The minimum atomic E-state index is -4.11. The Morgan fingerprint density at radius 1 is 0.895 bits per heavy atom. The van der Waals surface area contributed by atoms with Gasteiger partial charge in [0.1, 0.15) is 0 Å². The van der Waals surface area contributed by atoms with Gasteiger partial charge in [0, 0.05) is 6.42 Å². The normalized spacial score (nSPS) is 17.2. The van der Waals surface area contributed by atoms with Crippen LogP contribution in [0.4, 0.5) is 13.2 Å². The molecule has 0 radical (unpaired) electrons. The minimum absolute atomic E-state index is 0.0212. The molecule has 0 aromatic rings. The van der Waals surface area contributed by atoms with Crippen molar-refractivity contribution >= 4 is 0 Å². The molecule has 0 aromatic heterocycles. The predicted octanol–water partition coefficient (Wildman–Crippen LogP) is 6.37. The van der Waals surface area contributed by atoms with Crippen LogP contribution in [0.25, 0.3) is 0 Å². The fourth-order valence-electron chi connectivity index (χ4n) is 2.55. The Hall–Kier alpha value is -0.470. The number of rotatable bonds is 4. The molecule has 0 saturated heterocycles. The van der Waals surface area contributed by atoms with E-state index in [2.05, 4.69) is 55.0 Å². The van der Waals surface area contributed by atoms with Gasteiger partial charge in [0.2, 0.25) is 0 Å². The number of alkyl halides is 3. The molecule has 0 aliphatic carbocycles. The van der Waals surface area contributed by atoms with Gasteiger partial charge < -0.3 is 0 Å². The van der Waals surface area contributed by atoms with Crippen molar-refractivity contribution in [3.05, 3.63) is 12.2 Å². The molecule has 0 nitrogen and oxygen atoms in total. The van der Waals surface area contributed by atoms with Crippen LogP contribution >= 0.6 is 0 Å². The van der Waals surface area contributed by atoms with Gasteiger partial charge in [-0.2, -0.15) is 13.2 Å². The van der Waals surface area contributed by atoms with Gasteiger partial charge in [0.05, 0.1) is 0 Å². The lowest BCUT2D eigenvalue weighted by Gasteiger charge is -2.47. The smallest absolute Gasteiger partial charge is 0.171 e. The van der Waals surface area contributed by atoms with Crippen molar-refractivity contribution in [1.29, 1.82) is 0 Å². The van der Waals surface area contributed by atoms with Crippen LogP contribution in [0.2, 0.25) is 0 Å². The van der Waals surface area contributed by atoms with Crippen LogP contribution in [0, 0.1) is 16.2 Å². The van der Waals surface area contributed by atoms with Gasteiger partial charge in [-0.05, 0) is 29.1 Å². The van der Waals surface area contributed by atoms with Crippen molar-refractivity contribution in [3.63, 3.8) is 0 Å². The summed E-state index contributed by atoms with van der Waals surface area (Å²) in [6.45, 7) is 18.6. The third kappa shape index (κ3) is 6.01. The van der Waals surface area contributed by atoms with Crippen molar-refractivity contribution in [2.75, 3.05) is 0 Å². The Morgan fingerprint density at radius 3 is 1.58 bits per heavy atom. The maximum atomic E-state index is 12.4. The second kappa shape index (κ2) is 5.49. The van der Waals surface area contributed by atoms with Gasteiger partial charge in [-0.15, -0.1) is 0 Å². The van der Waals surface area contributed by atoms with E-state index in [-0.39, 0.29) is 22.7 Å². The largest absolute Gasteiger partial charge is 0.389 e. The molecule has 0 amide bonds. The Kier molecular flexibility index (Phi) is 5.36. The zero-order valence-electron chi connectivity index (χ0n) is 13.5. The lowest BCUT2D eigenvalue weighted by molar-refractivity contribution is -0.134. The maximum Gasteiger partial charge on any atom is 0.389 e. The first-order valence-electron chi connectivity index (χ1n) is 6.83. The molecule has 0 fully saturated rings. The van der Waals surface area contributed by atoms with Crippen molar-refractivity contribution in [1.82, 2.24) is 0 Å². The molecule has 0 bridgehead atoms. The van der Waals surface area contributed by atoms with Crippen LogP contribution in [-0.2, 0) is 0 Å². The highest BCUT2D eigenvalue weighted by atomic mass is 19.4. The zero-order valence-corrected chi connectivity index (χ0v) is 13.5. The molecule has 0 rings (SSSR count). The van der Waals surface area contributed by atoms with E-state index in [1.54, 1.807) is 0 Å². The molecule has 0 N–H and O–H groups in total. The Balaban J connectivity index is 5.12. The first kappa shape index (κ1) is 18.5. The summed E-state index contributed by atoms with van der Waals surface area (Å²) < 4.78 is 37.2. The summed E-state index contributed by atoms with van der Waals surface area (Å²) in [4.78, 5) is 0. The average molecular weight is 278 g/mol. The van der Waals surface area contributed by atoms with Gasteiger partial charge in [0.25, 0.3) is 0 Å². The van der Waals surface area contributed by atoms with E-state index in [1.807, 2.05) is 0 Å². The zero-order chi connectivity index (χ0) is 15.7. The minimum Gasteiger partial charge on any atom is -0.171 e. The molecule has 0 spiro atoms. The number of allylic oxidation sites excluding steroid dienone is 1. The maximum absolute atomic E-state index is 12.4. The summed E-state index contributed by atoms with van der Waals surface area (Å²) in [7, 11) is 0. The van der Waals surface area contributed by atoms with Gasteiger partial charge in [-0.3, -0.25) is 0 Å². The van der Waals surface area contributed by atoms with Crippen LogP contribution in [0.1, 0.15) is 67.7 Å². The highest BCUT2D eigenvalue weighted by Crippen LogP contribution is 2.52. The fraction of sp³-hybridized carbons (Fsp3) is 0.875. The first-order chi connectivity index (χ1) is 8.08. The highest BCUT2D eigenvalue weighted by molar-refractivity contribution is 5.14. The lowest BCUT2D eigenvalue weighted by atomic mass is 9.57. The number of hydrogen-bond donors (Lipinski definition) is 0. The van der Waals surface area contributed by atoms with Gasteiger partial charge in [0.15, 0.2) is 0 Å². The lowest BCUT2D eigenvalue weighted by Crippen LogP contribution is -2.38. The summed E-state index contributed by atoms with van der Waals surface area (Å²) in [5.74, 6) is 0. The summed E-state index contributed by atoms with van der Waals surface area (Å²) in [5.41, 5.74) is 0.370. The highest BCUT2D eigenvalue weighted by Gasteiger charge is 2.43. The van der Waals surface area contributed by atoms with Crippen LogP contribution in [0.3, 0.4) is 0 Å². The van der Waals surface area contributed by atoms with Crippen LogP contribution in [-0.4, -0.2) is 6.18 Å². The van der Waals surface area contributed by atoms with E-state index in [0.29, 0.717) is 5.57 Å². The van der Waals surface area contributed by atoms with Crippen LogP contribution in [0.5, 0.6) is 0 Å². The van der Waals surface area contributed by atoms with Gasteiger partial charge in [-0.1, -0.05) is 60.6 Å². The molecule has 0 aromatic carbocycles. The summed E-state index contributed by atoms with van der Waals surface area (Å²) in [6, 6.07) is 0. The summed E-state index contributed by atoms with van der Waals surface area (Å²) in [5, 5.41) is 0. The average Bonchev–Trinajstić information content (AvgIpc) is 2.07. The molecule has 0 heterocycles. The van der Waals surface area contributed by atoms with E-state index in [9.17, 15) is 13.2 Å². The molecule has 19 heavy (non-hydrogen) atoms. The SMILES string of the molecule is C=C(CCC(F)(F)F)C(C)(CC(C)(C)C)C(C)(C)C. The standard InChI is InChI=1S/C16H29F3/c1-12(9-10-16(17,18)19)15(8,14(5,6)7)11-13(2,3)4/h1,9-11H2,2-8H3. The van der Waals surface area contributed by atoms with Crippen LogP contribution in [0.15, 0.2) is 12.2 Å². The molecule has 1 atom stereocenters. The molecule has 3 heteroatoms. The van der Waals surface area contributed by atoms with E-state index in [0.717, 1.165) is 6.42 Å². The summed E-state index contributed by atoms with van der Waals surface area (Å²) >= 11 is 0. The van der Waals surface area contributed by atoms with Crippen molar-refractivity contribution in [2.24, 2.45) is 16.2 Å². The fourth-order valence-corrected chi connectivity index (χ4v) is 2.55. The molecular formula is C16H29F3. The quantitative estimate of drug-likeness (QED) is 0.524. The molecule has 0 aliphatic rings. The van der Waals surface area contributed by atoms with E-state index >= 15 is 0 Å².